The van der Waals surface area contributed by atoms with Crippen molar-refractivity contribution >= 4 is 47.2 Å². The predicted octanol–water partition coefficient (Wildman–Crippen LogP) is 5.20. The Bertz CT molecular complexity index is 1140. The van der Waals surface area contributed by atoms with Crippen molar-refractivity contribution in [1.82, 2.24) is 15.3 Å². The Hall–Kier alpha value is -2.60. The number of nitrogens with one attached hydrogen (secondary N) is 3. The SMILES string of the molecule is CNCC(C)c1ccc(Nc2ncc(Cl)c(Nc3ccccc3P(C)(C)=O)n2)c(OC)c1. The maximum atomic E-state index is 12.7. The highest BCUT2D eigenvalue weighted by Gasteiger charge is 2.17. The van der Waals surface area contributed by atoms with Gasteiger partial charge in [-0.05, 0) is 56.1 Å². The summed E-state index contributed by atoms with van der Waals surface area (Å²) in [6.45, 7) is 6.49. The topological polar surface area (TPSA) is 88.2 Å². The van der Waals surface area contributed by atoms with E-state index in [9.17, 15) is 4.57 Å². The summed E-state index contributed by atoms with van der Waals surface area (Å²) in [4.78, 5) is 8.82. The fraction of sp³-hybridized carbons (Fsp3) is 0.304. The fourth-order valence-electron chi connectivity index (χ4n) is 3.35. The van der Waals surface area contributed by atoms with Crippen LogP contribution in [0.3, 0.4) is 0 Å². The largest absolute Gasteiger partial charge is 0.495 e. The van der Waals surface area contributed by atoms with E-state index in [1.165, 1.54) is 11.8 Å². The molecule has 9 heteroatoms. The zero-order valence-electron chi connectivity index (χ0n) is 18.9. The lowest BCUT2D eigenvalue weighted by Gasteiger charge is -2.17. The second kappa shape index (κ2) is 10.3. The van der Waals surface area contributed by atoms with Gasteiger partial charge in [0.1, 0.15) is 17.9 Å². The van der Waals surface area contributed by atoms with E-state index >= 15 is 0 Å². The number of anilines is 4. The molecule has 0 saturated heterocycles. The van der Waals surface area contributed by atoms with Gasteiger partial charge in [0.05, 0.1) is 24.7 Å². The van der Waals surface area contributed by atoms with Crippen molar-refractivity contribution in [3.05, 3.63) is 59.2 Å². The summed E-state index contributed by atoms with van der Waals surface area (Å²) in [6.07, 6.45) is 1.52. The Morgan fingerprint density at radius 2 is 1.88 bits per heavy atom. The van der Waals surface area contributed by atoms with Gasteiger partial charge in [0.25, 0.3) is 0 Å². The van der Waals surface area contributed by atoms with E-state index in [1.807, 2.05) is 43.4 Å². The molecule has 170 valence electrons. The van der Waals surface area contributed by atoms with Crippen LogP contribution < -0.4 is 26.0 Å². The second-order valence-corrected chi connectivity index (χ2v) is 11.5. The number of nitrogens with zero attached hydrogens (tertiary/aromatic N) is 2. The number of hydrogen-bond donors (Lipinski definition) is 3. The molecule has 1 unspecified atom stereocenters. The zero-order valence-corrected chi connectivity index (χ0v) is 20.6. The van der Waals surface area contributed by atoms with Crippen LogP contribution in [0.5, 0.6) is 5.75 Å². The molecule has 0 saturated carbocycles. The van der Waals surface area contributed by atoms with Crippen molar-refractivity contribution in [2.75, 3.05) is 44.7 Å². The lowest BCUT2D eigenvalue weighted by molar-refractivity contribution is 0.416. The molecular formula is C23H29ClN5O2P. The van der Waals surface area contributed by atoms with E-state index in [4.69, 9.17) is 16.3 Å². The van der Waals surface area contributed by atoms with E-state index in [0.717, 1.165) is 17.5 Å². The van der Waals surface area contributed by atoms with Crippen molar-refractivity contribution < 1.29 is 9.30 Å². The Kier molecular flexibility index (Phi) is 7.77. The molecule has 2 aromatic carbocycles. The van der Waals surface area contributed by atoms with Crippen LogP contribution in [-0.2, 0) is 4.57 Å². The average molecular weight is 474 g/mol. The van der Waals surface area contributed by atoms with E-state index in [-0.39, 0.29) is 0 Å². The van der Waals surface area contributed by atoms with Crippen molar-refractivity contribution in [1.29, 1.82) is 0 Å². The van der Waals surface area contributed by atoms with Crippen LogP contribution in [0.4, 0.5) is 23.1 Å². The summed E-state index contributed by atoms with van der Waals surface area (Å²) in [6, 6.07) is 13.5. The van der Waals surface area contributed by atoms with E-state index in [1.54, 1.807) is 20.4 Å². The van der Waals surface area contributed by atoms with Gasteiger partial charge >= 0.3 is 0 Å². The molecule has 0 aliphatic carbocycles. The third kappa shape index (κ3) is 5.80. The zero-order chi connectivity index (χ0) is 23.3. The lowest BCUT2D eigenvalue weighted by atomic mass is 10.0. The summed E-state index contributed by atoms with van der Waals surface area (Å²) in [5, 5.41) is 10.7. The first-order valence-electron chi connectivity index (χ1n) is 10.3. The van der Waals surface area contributed by atoms with Gasteiger partial charge in [-0.15, -0.1) is 0 Å². The Balaban J connectivity index is 1.88. The lowest BCUT2D eigenvalue weighted by Crippen LogP contribution is -2.14. The molecule has 0 amide bonds. The van der Waals surface area contributed by atoms with Gasteiger partial charge in [0.2, 0.25) is 5.95 Å². The van der Waals surface area contributed by atoms with Crippen LogP contribution in [-0.4, -0.2) is 44.0 Å². The first-order valence-corrected chi connectivity index (χ1v) is 13.2. The summed E-state index contributed by atoms with van der Waals surface area (Å²) in [7, 11) is 1.08. The van der Waals surface area contributed by atoms with Gasteiger partial charge in [-0.3, -0.25) is 0 Å². The predicted molar refractivity (Wildman–Crippen MR) is 134 cm³/mol. The molecule has 32 heavy (non-hydrogen) atoms. The van der Waals surface area contributed by atoms with Crippen molar-refractivity contribution in [2.45, 2.75) is 12.8 Å². The quantitative estimate of drug-likeness (QED) is 0.368. The fourth-order valence-corrected chi connectivity index (χ4v) is 4.65. The van der Waals surface area contributed by atoms with E-state index in [0.29, 0.717) is 34.1 Å². The van der Waals surface area contributed by atoms with Crippen molar-refractivity contribution in [3.63, 3.8) is 0 Å². The minimum atomic E-state index is -2.49. The molecule has 0 radical (unpaired) electrons. The molecule has 1 atom stereocenters. The number of hydrogen-bond acceptors (Lipinski definition) is 7. The van der Waals surface area contributed by atoms with Gasteiger partial charge in [-0.25, -0.2) is 4.98 Å². The molecule has 1 heterocycles. The molecular weight excluding hydrogens is 445 g/mol. The maximum Gasteiger partial charge on any atom is 0.229 e. The number of ether oxygens (including phenoxy) is 1. The Morgan fingerprint density at radius 1 is 1.12 bits per heavy atom. The van der Waals surface area contributed by atoms with E-state index in [2.05, 4.69) is 38.9 Å². The molecule has 3 N–H and O–H groups in total. The summed E-state index contributed by atoms with van der Waals surface area (Å²) < 4.78 is 18.2. The Labute approximate surface area is 194 Å². The normalized spacial score (nSPS) is 12.3. The highest BCUT2D eigenvalue weighted by atomic mass is 35.5. The molecule has 3 aromatic rings. The molecule has 0 fully saturated rings. The van der Waals surface area contributed by atoms with Crippen molar-refractivity contribution in [3.8, 4) is 5.75 Å². The molecule has 1 aromatic heterocycles. The highest BCUT2D eigenvalue weighted by Crippen LogP contribution is 2.39. The molecule has 0 bridgehead atoms. The van der Waals surface area contributed by atoms with Crippen LogP contribution in [0.1, 0.15) is 18.4 Å². The molecule has 0 spiro atoms. The number of likely N-dealkylation sites (N-methyl/N-ethyl adjacent to an activating group) is 1. The minimum Gasteiger partial charge on any atom is -0.495 e. The van der Waals surface area contributed by atoms with Gasteiger partial charge < -0.3 is 25.3 Å². The van der Waals surface area contributed by atoms with E-state index < -0.39 is 7.14 Å². The number of methoxy groups -OCH3 is 1. The van der Waals surface area contributed by atoms with Crippen LogP contribution in [0, 0.1) is 0 Å². The number of rotatable bonds is 9. The van der Waals surface area contributed by atoms with Crippen LogP contribution in [0.15, 0.2) is 48.7 Å². The van der Waals surface area contributed by atoms with Crippen LogP contribution in [0.2, 0.25) is 5.02 Å². The number of halogens is 1. The highest BCUT2D eigenvalue weighted by molar-refractivity contribution is 7.70. The molecule has 0 aliphatic rings. The summed E-state index contributed by atoms with van der Waals surface area (Å²) in [5.74, 6) is 1.82. The molecule has 7 nitrogen and oxygen atoms in total. The smallest absolute Gasteiger partial charge is 0.229 e. The second-order valence-electron chi connectivity index (χ2n) is 7.93. The third-order valence-electron chi connectivity index (χ3n) is 5.03. The third-order valence-corrected chi connectivity index (χ3v) is 6.86. The average Bonchev–Trinajstić information content (AvgIpc) is 2.76. The number of para-hydroxylation sites is 1. The van der Waals surface area contributed by atoms with Gasteiger partial charge in [0, 0.05) is 11.8 Å². The number of aromatic nitrogens is 2. The Morgan fingerprint density at radius 3 is 2.56 bits per heavy atom. The molecule has 3 rings (SSSR count). The van der Waals surface area contributed by atoms with Gasteiger partial charge in [-0.1, -0.05) is 36.7 Å². The standard InChI is InChI=1S/C23H29ClN5O2P/c1-15(13-25-2)16-10-11-18(20(12-16)31-3)28-23-26-14-17(24)22(29-23)27-19-8-6-7-9-21(19)32(4,5)30/h6-12,14-15,25H,13H2,1-5H3,(H2,26,27,28,29). The first-order chi connectivity index (χ1) is 15.2. The molecule has 0 aliphatic heterocycles. The summed E-state index contributed by atoms with van der Waals surface area (Å²) >= 11 is 6.34. The number of benzene rings is 2. The minimum absolute atomic E-state index is 0.346. The summed E-state index contributed by atoms with van der Waals surface area (Å²) in [5.41, 5.74) is 2.61. The van der Waals surface area contributed by atoms with Crippen LogP contribution in [0.25, 0.3) is 0 Å². The first kappa shape index (κ1) is 24.1. The maximum absolute atomic E-state index is 12.7. The van der Waals surface area contributed by atoms with Gasteiger partial charge in [0.15, 0.2) is 5.82 Å². The van der Waals surface area contributed by atoms with Crippen LogP contribution >= 0.6 is 18.7 Å². The monoisotopic (exact) mass is 473 g/mol. The van der Waals surface area contributed by atoms with Gasteiger partial charge in [-0.2, -0.15) is 4.98 Å². The van der Waals surface area contributed by atoms with Crippen molar-refractivity contribution in [2.24, 2.45) is 0 Å².